The van der Waals surface area contributed by atoms with E-state index >= 15 is 0 Å². The zero-order chi connectivity index (χ0) is 16.4. The van der Waals surface area contributed by atoms with Crippen LogP contribution in [0.25, 0.3) is 0 Å². The summed E-state index contributed by atoms with van der Waals surface area (Å²) in [5, 5.41) is 3.40. The van der Waals surface area contributed by atoms with Crippen molar-refractivity contribution in [3.8, 4) is 0 Å². The quantitative estimate of drug-likeness (QED) is 0.833. The van der Waals surface area contributed by atoms with Crippen LogP contribution < -0.4 is 10.2 Å². The molecule has 4 heterocycles. The lowest BCUT2D eigenvalue weighted by molar-refractivity contribution is 0.0773. The minimum atomic E-state index is 0. The molecule has 26 heavy (non-hydrogen) atoms. The van der Waals surface area contributed by atoms with E-state index in [2.05, 4.69) is 20.1 Å². The Morgan fingerprint density at radius 3 is 2.54 bits per heavy atom. The number of nitrogens with one attached hydrogen (secondary N) is 1. The number of pyridine rings is 1. The number of rotatable bonds is 3. The Balaban J connectivity index is 0.00000121. The summed E-state index contributed by atoms with van der Waals surface area (Å²) < 4.78 is 0. The van der Waals surface area contributed by atoms with Gasteiger partial charge in [0.1, 0.15) is 5.82 Å². The maximum absolute atomic E-state index is 13.1. The zero-order valence-corrected chi connectivity index (χ0v) is 16.7. The van der Waals surface area contributed by atoms with Gasteiger partial charge >= 0.3 is 0 Å². The molecule has 4 rings (SSSR count). The van der Waals surface area contributed by atoms with Gasteiger partial charge in [0.25, 0.3) is 5.91 Å². The normalized spacial score (nSPS) is 23.5. The lowest BCUT2D eigenvalue weighted by Crippen LogP contribution is -2.49. The molecule has 0 bridgehead atoms. The number of carbonyl (C=O) groups excluding carboxylic acids is 1. The van der Waals surface area contributed by atoms with E-state index in [9.17, 15) is 4.79 Å². The first-order valence-corrected chi connectivity index (χ1v) is 9.27. The van der Waals surface area contributed by atoms with Crippen LogP contribution >= 0.6 is 24.8 Å². The van der Waals surface area contributed by atoms with Gasteiger partial charge in [-0.15, -0.1) is 24.8 Å². The van der Waals surface area contributed by atoms with Crippen LogP contribution in [0.2, 0.25) is 0 Å². The van der Waals surface area contributed by atoms with Gasteiger partial charge in [0.15, 0.2) is 0 Å². The van der Waals surface area contributed by atoms with Crippen molar-refractivity contribution < 1.29 is 4.79 Å². The summed E-state index contributed by atoms with van der Waals surface area (Å²) in [7, 11) is 0. The molecule has 6 nitrogen and oxygen atoms in total. The van der Waals surface area contributed by atoms with Gasteiger partial charge in [-0.3, -0.25) is 9.69 Å². The van der Waals surface area contributed by atoms with Crippen molar-refractivity contribution >= 4 is 36.5 Å². The summed E-state index contributed by atoms with van der Waals surface area (Å²) in [6, 6.07) is 4.35. The number of hydrogen-bond acceptors (Lipinski definition) is 5. The van der Waals surface area contributed by atoms with Crippen LogP contribution in [0.5, 0.6) is 0 Å². The highest BCUT2D eigenvalue weighted by Crippen LogP contribution is 2.25. The van der Waals surface area contributed by atoms with E-state index in [0.717, 1.165) is 70.2 Å². The van der Waals surface area contributed by atoms with E-state index in [-0.39, 0.29) is 30.7 Å². The van der Waals surface area contributed by atoms with Gasteiger partial charge in [-0.2, -0.15) is 0 Å². The Hall–Kier alpha value is -1.08. The highest BCUT2D eigenvalue weighted by molar-refractivity contribution is 5.99. The number of anilines is 1. The molecule has 1 aromatic rings. The molecule has 0 radical (unpaired) electrons. The summed E-state index contributed by atoms with van der Waals surface area (Å²) in [5.74, 6) is 1.04. The van der Waals surface area contributed by atoms with E-state index in [4.69, 9.17) is 0 Å². The van der Waals surface area contributed by atoms with Crippen molar-refractivity contribution in [3.05, 3.63) is 23.9 Å². The third kappa shape index (κ3) is 4.42. The Morgan fingerprint density at radius 2 is 1.81 bits per heavy atom. The Bertz CT molecular complexity index is 591. The van der Waals surface area contributed by atoms with Crippen LogP contribution in [0.3, 0.4) is 0 Å². The summed E-state index contributed by atoms with van der Waals surface area (Å²) in [6.07, 6.45) is 5.28. The number of halogens is 2. The average molecular weight is 402 g/mol. The fourth-order valence-corrected chi connectivity index (χ4v) is 4.19. The third-order valence-electron chi connectivity index (χ3n) is 5.54. The Labute approximate surface area is 168 Å². The molecular weight excluding hydrogens is 373 g/mol. The summed E-state index contributed by atoms with van der Waals surface area (Å²) in [5.41, 5.74) is 0.778. The number of nitrogens with zero attached hydrogens (tertiary/aromatic N) is 4. The van der Waals surface area contributed by atoms with Gasteiger partial charge in [0.05, 0.1) is 5.56 Å². The van der Waals surface area contributed by atoms with Gasteiger partial charge < -0.3 is 15.1 Å². The first-order valence-electron chi connectivity index (χ1n) is 9.27. The van der Waals surface area contributed by atoms with Crippen LogP contribution in [-0.4, -0.2) is 79.1 Å². The molecule has 1 amide bonds. The van der Waals surface area contributed by atoms with E-state index in [1.54, 1.807) is 6.20 Å². The molecule has 3 fully saturated rings. The second kappa shape index (κ2) is 9.74. The SMILES string of the molecule is Cl.Cl.O=C(c1cccnc1N1CCCC1)N1CCC(N2CCNCC2)C1. The number of amides is 1. The highest BCUT2D eigenvalue weighted by Gasteiger charge is 2.33. The summed E-state index contributed by atoms with van der Waals surface area (Å²) >= 11 is 0. The molecule has 1 aromatic heterocycles. The number of hydrogen-bond donors (Lipinski definition) is 1. The second-order valence-corrected chi connectivity index (χ2v) is 7.05. The maximum Gasteiger partial charge on any atom is 0.257 e. The van der Waals surface area contributed by atoms with Crippen LogP contribution in [0.15, 0.2) is 18.3 Å². The molecule has 0 spiro atoms. The summed E-state index contributed by atoms with van der Waals surface area (Å²) in [4.78, 5) is 24.4. The first kappa shape index (κ1) is 21.2. The van der Waals surface area contributed by atoms with Crippen molar-refractivity contribution in [1.29, 1.82) is 0 Å². The van der Waals surface area contributed by atoms with Crippen molar-refractivity contribution in [2.45, 2.75) is 25.3 Å². The predicted octanol–water partition coefficient (Wildman–Crippen LogP) is 1.65. The van der Waals surface area contributed by atoms with E-state index < -0.39 is 0 Å². The largest absolute Gasteiger partial charge is 0.356 e. The molecule has 1 unspecified atom stereocenters. The van der Waals surface area contributed by atoms with Crippen molar-refractivity contribution in [1.82, 2.24) is 20.1 Å². The summed E-state index contributed by atoms with van der Waals surface area (Å²) in [6.45, 7) is 8.06. The molecule has 3 aliphatic heterocycles. The van der Waals surface area contributed by atoms with Crippen LogP contribution in [-0.2, 0) is 0 Å². The fourth-order valence-electron chi connectivity index (χ4n) is 4.19. The number of carbonyl (C=O) groups is 1. The zero-order valence-electron chi connectivity index (χ0n) is 15.1. The molecule has 146 valence electrons. The topological polar surface area (TPSA) is 51.7 Å². The van der Waals surface area contributed by atoms with Gasteiger partial charge in [-0.25, -0.2) is 4.98 Å². The molecule has 1 N–H and O–H groups in total. The molecule has 0 aliphatic carbocycles. The maximum atomic E-state index is 13.1. The van der Waals surface area contributed by atoms with E-state index in [0.29, 0.717) is 6.04 Å². The lowest BCUT2D eigenvalue weighted by Gasteiger charge is -2.32. The fraction of sp³-hybridized carbons (Fsp3) is 0.667. The van der Waals surface area contributed by atoms with E-state index in [1.807, 2.05) is 17.0 Å². The minimum absolute atomic E-state index is 0. The van der Waals surface area contributed by atoms with Gasteiger partial charge in [-0.1, -0.05) is 0 Å². The molecule has 0 saturated carbocycles. The predicted molar refractivity (Wildman–Crippen MR) is 109 cm³/mol. The Kier molecular flexibility index (Phi) is 7.95. The number of aromatic nitrogens is 1. The highest BCUT2D eigenvalue weighted by atomic mass is 35.5. The molecule has 3 aliphatic rings. The standard InChI is InChI=1S/C18H27N5O.2ClH/c24-18(16-4-3-6-20-17(16)22-9-1-2-10-22)23-11-5-15(14-23)21-12-7-19-8-13-21;;/h3-4,6,15,19H,1-2,5,7-14H2;2*1H. The monoisotopic (exact) mass is 401 g/mol. The van der Waals surface area contributed by atoms with Crippen LogP contribution in [0, 0.1) is 0 Å². The van der Waals surface area contributed by atoms with E-state index in [1.165, 1.54) is 12.8 Å². The van der Waals surface area contributed by atoms with Crippen LogP contribution in [0.1, 0.15) is 29.6 Å². The molecule has 0 aromatic carbocycles. The smallest absolute Gasteiger partial charge is 0.257 e. The first-order chi connectivity index (χ1) is 11.8. The van der Waals surface area contributed by atoms with Gasteiger partial charge in [0.2, 0.25) is 0 Å². The lowest BCUT2D eigenvalue weighted by atomic mass is 10.2. The van der Waals surface area contributed by atoms with Crippen molar-refractivity contribution in [2.75, 3.05) is 57.3 Å². The minimum Gasteiger partial charge on any atom is -0.356 e. The molecule has 8 heteroatoms. The molecular formula is C18H29Cl2N5O. The third-order valence-corrected chi connectivity index (χ3v) is 5.54. The average Bonchev–Trinajstić information content (AvgIpc) is 3.34. The van der Waals surface area contributed by atoms with Crippen molar-refractivity contribution in [2.24, 2.45) is 0 Å². The van der Waals surface area contributed by atoms with Crippen LogP contribution in [0.4, 0.5) is 5.82 Å². The number of piperazine rings is 1. The number of likely N-dealkylation sites (tertiary alicyclic amines) is 1. The second-order valence-electron chi connectivity index (χ2n) is 7.05. The Morgan fingerprint density at radius 1 is 1.08 bits per heavy atom. The van der Waals surface area contributed by atoms with Gasteiger partial charge in [0, 0.05) is 64.6 Å². The molecule has 3 saturated heterocycles. The van der Waals surface area contributed by atoms with Gasteiger partial charge in [-0.05, 0) is 31.4 Å². The van der Waals surface area contributed by atoms with Crippen molar-refractivity contribution in [3.63, 3.8) is 0 Å². The molecule has 1 atom stereocenters.